The second-order valence-corrected chi connectivity index (χ2v) is 5.19. The van der Waals surface area contributed by atoms with Crippen molar-refractivity contribution in [1.82, 2.24) is 5.48 Å². The standard InChI is InChI=1S/C11H23NO/c1-5-11(3,4)7-10-6-9(2)8-13-12-10/h9-10,12H,5-8H2,1-4H3. The molecule has 1 heterocycles. The smallest absolute Gasteiger partial charge is 0.0708 e. The first kappa shape index (κ1) is 11.0. The molecule has 0 spiro atoms. The Labute approximate surface area is 82.0 Å². The number of rotatable bonds is 3. The minimum atomic E-state index is 0.443. The minimum absolute atomic E-state index is 0.443. The second-order valence-electron chi connectivity index (χ2n) is 5.19. The van der Waals surface area contributed by atoms with Gasteiger partial charge in [-0.05, 0) is 24.2 Å². The summed E-state index contributed by atoms with van der Waals surface area (Å²) >= 11 is 0. The third-order valence-electron chi connectivity index (χ3n) is 3.06. The fourth-order valence-electron chi connectivity index (χ4n) is 1.85. The first-order valence-electron chi connectivity index (χ1n) is 5.41. The minimum Gasteiger partial charge on any atom is -0.301 e. The third-order valence-corrected chi connectivity index (χ3v) is 3.06. The zero-order valence-electron chi connectivity index (χ0n) is 9.39. The first-order valence-corrected chi connectivity index (χ1v) is 5.41. The van der Waals surface area contributed by atoms with E-state index in [1.54, 1.807) is 0 Å². The summed E-state index contributed by atoms with van der Waals surface area (Å²) in [6, 6.07) is 0.554. The van der Waals surface area contributed by atoms with Crippen LogP contribution in [0.3, 0.4) is 0 Å². The molecule has 1 N–H and O–H groups in total. The van der Waals surface area contributed by atoms with Crippen molar-refractivity contribution >= 4 is 0 Å². The Morgan fingerprint density at radius 3 is 2.69 bits per heavy atom. The maximum atomic E-state index is 5.33. The van der Waals surface area contributed by atoms with Gasteiger partial charge >= 0.3 is 0 Å². The van der Waals surface area contributed by atoms with E-state index in [0.717, 1.165) is 6.61 Å². The molecule has 2 atom stereocenters. The van der Waals surface area contributed by atoms with Gasteiger partial charge in [-0.25, -0.2) is 0 Å². The van der Waals surface area contributed by atoms with E-state index in [1.807, 2.05) is 0 Å². The fraction of sp³-hybridized carbons (Fsp3) is 1.00. The highest BCUT2D eigenvalue weighted by Crippen LogP contribution is 2.29. The number of hydrogen-bond acceptors (Lipinski definition) is 2. The van der Waals surface area contributed by atoms with Crippen LogP contribution in [0.4, 0.5) is 0 Å². The lowest BCUT2D eigenvalue weighted by molar-refractivity contribution is -0.0541. The molecule has 0 radical (unpaired) electrons. The molecule has 2 unspecified atom stereocenters. The highest BCUT2D eigenvalue weighted by molar-refractivity contribution is 4.78. The largest absolute Gasteiger partial charge is 0.301 e. The van der Waals surface area contributed by atoms with Gasteiger partial charge in [-0.2, -0.15) is 5.48 Å². The summed E-state index contributed by atoms with van der Waals surface area (Å²) < 4.78 is 0. The number of hydrogen-bond donors (Lipinski definition) is 1. The van der Waals surface area contributed by atoms with Gasteiger partial charge in [0.15, 0.2) is 0 Å². The summed E-state index contributed by atoms with van der Waals surface area (Å²) in [4.78, 5) is 5.33. The zero-order valence-corrected chi connectivity index (χ0v) is 9.39. The van der Waals surface area contributed by atoms with Crippen molar-refractivity contribution in [3.8, 4) is 0 Å². The van der Waals surface area contributed by atoms with Crippen LogP contribution in [0.1, 0.15) is 47.0 Å². The van der Waals surface area contributed by atoms with Crippen LogP contribution in [0.25, 0.3) is 0 Å². The van der Waals surface area contributed by atoms with Crippen LogP contribution in [0.15, 0.2) is 0 Å². The van der Waals surface area contributed by atoms with Crippen LogP contribution >= 0.6 is 0 Å². The topological polar surface area (TPSA) is 21.3 Å². The Hall–Kier alpha value is -0.0800. The van der Waals surface area contributed by atoms with Gasteiger partial charge < -0.3 is 4.84 Å². The molecule has 2 nitrogen and oxygen atoms in total. The molecule has 1 aliphatic rings. The van der Waals surface area contributed by atoms with E-state index in [2.05, 4.69) is 33.2 Å². The molecule has 1 aliphatic heterocycles. The van der Waals surface area contributed by atoms with Crippen LogP contribution < -0.4 is 5.48 Å². The zero-order chi connectivity index (χ0) is 9.90. The van der Waals surface area contributed by atoms with Crippen molar-refractivity contribution in [2.24, 2.45) is 11.3 Å². The Bertz CT molecular complexity index is 156. The van der Waals surface area contributed by atoms with Gasteiger partial charge in [0.2, 0.25) is 0 Å². The van der Waals surface area contributed by atoms with Gasteiger partial charge in [-0.1, -0.05) is 34.1 Å². The van der Waals surface area contributed by atoms with Crippen LogP contribution in [0.2, 0.25) is 0 Å². The van der Waals surface area contributed by atoms with Crippen molar-refractivity contribution in [3.05, 3.63) is 0 Å². The normalized spacial score (nSPS) is 30.5. The lowest BCUT2D eigenvalue weighted by atomic mass is 9.81. The summed E-state index contributed by atoms with van der Waals surface area (Å²) in [5, 5.41) is 0. The van der Waals surface area contributed by atoms with Gasteiger partial charge in [0.05, 0.1) is 6.61 Å². The Balaban J connectivity index is 2.35. The van der Waals surface area contributed by atoms with Gasteiger partial charge in [-0.15, -0.1) is 0 Å². The van der Waals surface area contributed by atoms with E-state index in [1.165, 1.54) is 19.3 Å². The summed E-state index contributed by atoms with van der Waals surface area (Å²) in [6.45, 7) is 10.0. The average molecular weight is 185 g/mol. The van der Waals surface area contributed by atoms with Crippen LogP contribution in [0.5, 0.6) is 0 Å². The monoisotopic (exact) mass is 185 g/mol. The molecule has 0 aliphatic carbocycles. The molecule has 0 aromatic heterocycles. The molecule has 0 saturated carbocycles. The van der Waals surface area contributed by atoms with Crippen LogP contribution in [-0.2, 0) is 4.84 Å². The van der Waals surface area contributed by atoms with Gasteiger partial charge in [0, 0.05) is 6.04 Å². The highest BCUT2D eigenvalue weighted by Gasteiger charge is 2.25. The molecule has 0 aromatic carbocycles. The first-order chi connectivity index (χ1) is 6.03. The van der Waals surface area contributed by atoms with E-state index in [0.29, 0.717) is 17.4 Å². The molecule has 78 valence electrons. The maximum Gasteiger partial charge on any atom is 0.0708 e. The molecular weight excluding hydrogens is 162 g/mol. The number of hydroxylamine groups is 1. The molecule has 2 heteroatoms. The van der Waals surface area contributed by atoms with Gasteiger partial charge in [0.25, 0.3) is 0 Å². The lowest BCUT2D eigenvalue weighted by Gasteiger charge is -2.33. The van der Waals surface area contributed by atoms with Crippen molar-refractivity contribution in [1.29, 1.82) is 0 Å². The highest BCUT2D eigenvalue weighted by atomic mass is 16.6. The van der Waals surface area contributed by atoms with Gasteiger partial charge in [-0.3, -0.25) is 0 Å². The van der Waals surface area contributed by atoms with Crippen molar-refractivity contribution in [2.45, 2.75) is 53.0 Å². The van der Waals surface area contributed by atoms with Crippen LogP contribution in [-0.4, -0.2) is 12.6 Å². The molecule has 0 amide bonds. The van der Waals surface area contributed by atoms with Crippen molar-refractivity contribution < 1.29 is 4.84 Å². The SMILES string of the molecule is CCC(C)(C)CC1CC(C)CON1. The van der Waals surface area contributed by atoms with Crippen molar-refractivity contribution in [2.75, 3.05) is 6.61 Å². The van der Waals surface area contributed by atoms with E-state index in [9.17, 15) is 0 Å². The van der Waals surface area contributed by atoms with E-state index in [4.69, 9.17) is 4.84 Å². The molecular formula is C11H23NO. The molecule has 0 aromatic rings. The average Bonchev–Trinajstić information content (AvgIpc) is 2.03. The predicted molar refractivity (Wildman–Crippen MR) is 55.3 cm³/mol. The quantitative estimate of drug-likeness (QED) is 0.730. The van der Waals surface area contributed by atoms with E-state index < -0.39 is 0 Å². The maximum absolute atomic E-state index is 5.33. The van der Waals surface area contributed by atoms with E-state index in [-0.39, 0.29) is 0 Å². The fourth-order valence-corrected chi connectivity index (χ4v) is 1.85. The lowest BCUT2D eigenvalue weighted by Crippen LogP contribution is -2.40. The summed E-state index contributed by atoms with van der Waals surface area (Å²) in [5.41, 5.74) is 3.58. The predicted octanol–water partition coefficient (Wildman–Crippen LogP) is 2.74. The Kier molecular flexibility index (Phi) is 3.74. The summed E-state index contributed by atoms with van der Waals surface area (Å²) in [5.74, 6) is 0.707. The summed E-state index contributed by atoms with van der Waals surface area (Å²) in [7, 11) is 0. The summed E-state index contributed by atoms with van der Waals surface area (Å²) in [6.07, 6.45) is 3.71. The molecule has 1 saturated heterocycles. The van der Waals surface area contributed by atoms with Crippen molar-refractivity contribution in [3.63, 3.8) is 0 Å². The van der Waals surface area contributed by atoms with Gasteiger partial charge in [0.1, 0.15) is 0 Å². The Morgan fingerprint density at radius 1 is 1.46 bits per heavy atom. The molecule has 1 fully saturated rings. The van der Waals surface area contributed by atoms with E-state index >= 15 is 0 Å². The molecule has 1 rings (SSSR count). The molecule has 0 bridgehead atoms. The number of nitrogens with one attached hydrogen (secondary N) is 1. The van der Waals surface area contributed by atoms with Crippen LogP contribution in [0, 0.1) is 11.3 Å². The Morgan fingerprint density at radius 2 is 2.15 bits per heavy atom. The second kappa shape index (κ2) is 4.43. The third kappa shape index (κ3) is 3.65. The molecule has 13 heavy (non-hydrogen) atoms.